The zero-order valence-electron chi connectivity index (χ0n) is 16.4. The predicted octanol–water partition coefficient (Wildman–Crippen LogP) is 3.95. The van der Waals surface area contributed by atoms with Crippen LogP contribution in [-0.4, -0.2) is 38.0 Å². The Balaban J connectivity index is 1.55. The topological polar surface area (TPSA) is 84.9 Å². The Labute approximate surface area is 187 Å². The van der Waals surface area contributed by atoms with Crippen LogP contribution in [0.3, 0.4) is 0 Å². The molecule has 0 spiro atoms. The van der Waals surface area contributed by atoms with Crippen LogP contribution in [-0.2, 0) is 19.1 Å². The molecular weight excluding hydrogens is 476 g/mol. The van der Waals surface area contributed by atoms with Gasteiger partial charge >= 0.3 is 5.97 Å². The average molecular weight is 496 g/mol. The second-order valence-electron chi connectivity index (χ2n) is 6.84. The number of rotatable bonds is 6. The minimum Gasteiger partial charge on any atom is -0.497 e. The van der Waals surface area contributed by atoms with Gasteiger partial charge in [-0.2, -0.15) is 0 Å². The van der Waals surface area contributed by atoms with E-state index in [0.717, 1.165) is 10.0 Å². The lowest BCUT2D eigenvalue weighted by Crippen LogP contribution is -2.28. The second-order valence-corrected chi connectivity index (χ2v) is 8.11. The number of anilines is 2. The average Bonchev–Trinajstić information content (AvgIpc) is 3.12. The first-order valence-electron chi connectivity index (χ1n) is 9.15. The summed E-state index contributed by atoms with van der Waals surface area (Å²) in [5, 5.41) is 3.12. The van der Waals surface area contributed by atoms with Crippen LogP contribution in [0, 0.1) is 12.8 Å². The fourth-order valence-electron chi connectivity index (χ4n) is 3.12. The van der Waals surface area contributed by atoms with E-state index in [1.807, 2.05) is 6.92 Å². The molecule has 30 heavy (non-hydrogen) atoms. The summed E-state index contributed by atoms with van der Waals surface area (Å²) in [6.45, 7) is 1.56. The van der Waals surface area contributed by atoms with Crippen molar-refractivity contribution >= 4 is 56.7 Å². The Kier molecular flexibility index (Phi) is 6.99. The molecule has 2 amide bonds. The van der Waals surface area contributed by atoms with E-state index in [1.165, 1.54) is 4.90 Å². The van der Waals surface area contributed by atoms with E-state index in [9.17, 15) is 14.4 Å². The van der Waals surface area contributed by atoms with Crippen molar-refractivity contribution in [1.29, 1.82) is 0 Å². The summed E-state index contributed by atoms with van der Waals surface area (Å²) in [7, 11) is 1.54. The molecule has 158 valence electrons. The molecule has 0 bridgehead atoms. The molecule has 2 aromatic rings. The maximum absolute atomic E-state index is 12.4. The van der Waals surface area contributed by atoms with Gasteiger partial charge in [0.1, 0.15) is 5.75 Å². The number of aryl methyl sites for hydroxylation is 1. The predicted molar refractivity (Wildman–Crippen MR) is 117 cm³/mol. The molecule has 1 fully saturated rings. The SMILES string of the molecule is COc1cccc(N2C[C@H](C(=O)OCC(=O)Nc3cc(Cl)c(Br)cc3C)CC2=O)c1. The molecule has 1 saturated heterocycles. The van der Waals surface area contributed by atoms with E-state index in [1.54, 1.807) is 43.5 Å². The molecule has 0 aromatic heterocycles. The smallest absolute Gasteiger partial charge is 0.311 e. The van der Waals surface area contributed by atoms with E-state index in [-0.39, 0.29) is 18.9 Å². The van der Waals surface area contributed by atoms with Crippen molar-refractivity contribution in [2.45, 2.75) is 13.3 Å². The number of ether oxygens (including phenoxy) is 2. The standard InChI is InChI=1S/C21H20BrClN2O5/c1-12-6-16(22)17(23)9-18(12)24-19(26)11-30-21(28)13-7-20(27)25(10-13)14-4-3-5-15(8-14)29-2/h3-6,8-9,13H,7,10-11H2,1-2H3,(H,24,26)/t13-/m1/s1. The first-order valence-corrected chi connectivity index (χ1v) is 10.3. The number of amides is 2. The van der Waals surface area contributed by atoms with Gasteiger partial charge in [0, 0.05) is 34.9 Å². The number of hydrogen-bond acceptors (Lipinski definition) is 5. The number of halogens is 2. The molecule has 3 rings (SSSR count). The monoisotopic (exact) mass is 494 g/mol. The third-order valence-electron chi connectivity index (χ3n) is 4.71. The van der Waals surface area contributed by atoms with Crippen molar-refractivity contribution in [3.05, 3.63) is 51.5 Å². The van der Waals surface area contributed by atoms with Crippen molar-refractivity contribution in [2.24, 2.45) is 5.92 Å². The molecule has 1 aliphatic rings. The highest BCUT2D eigenvalue weighted by Crippen LogP contribution is 2.30. The number of methoxy groups -OCH3 is 1. The molecule has 0 radical (unpaired) electrons. The van der Waals surface area contributed by atoms with Gasteiger partial charge < -0.3 is 19.7 Å². The minimum absolute atomic E-state index is 0.0269. The summed E-state index contributed by atoms with van der Waals surface area (Å²) >= 11 is 9.37. The molecule has 1 atom stereocenters. The van der Waals surface area contributed by atoms with E-state index in [4.69, 9.17) is 21.1 Å². The van der Waals surface area contributed by atoms with Gasteiger partial charge in [-0.05, 0) is 52.7 Å². The fourth-order valence-corrected chi connectivity index (χ4v) is 3.74. The van der Waals surface area contributed by atoms with Gasteiger partial charge in [-0.3, -0.25) is 14.4 Å². The summed E-state index contributed by atoms with van der Waals surface area (Å²) in [5.74, 6) is -1.28. The Morgan fingerprint density at radius 3 is 2.80 bits per heavy atom. The van der Waals surface area contributed by atoms with Gasteiger partial charge in [0.25, 0.3) is 5.91 Å². The van der Waals surface area contributed by atoms with Crippen molar-refractivity contribution in [2.75, 3.05) is 30.5 Å². The summed E-state index contributed by atoms with van der Waals surface area (Å²) in [6.07, 6.45) is 0.0269. The zero-order valence-corrected chi connectivity index (χ0v) is 18.7. The molecule has 0 saturated carbocycles. The largest absolute Gasteiger partial charge is 0.497 e. The van der Waals surface area contributed by atoms with Gasteiger partial charge in [-0.25, -0.2) is 0 Å². The lowest BCUT2D eigenvalue weighted by molar-refractivity contribution is -0.151. The number of nitrogens with zero attached hydrogens (tertiary/aromatic N) is 1. The first kappa shape index (κ1) is 22.1. The fraction of sp³-hybridized carbons (Fsp3) is 0.286. The zero-order chi connectivity index (χ0) is 21.8. The lowest BCUT2D eigenvalue weighted by atomic mass is 10.1. The summed E-state index contributed by atoms with van der Waals surface area (Å²) in [4.78, 5) is 38.4. The maximum atomic E-state index is 12.4. The lowest BCUT2D eigenvalue weighted by Gasteiger charge is -2.17. The number of nitrogens with one attached hydrogen (secondary N) is 1. The Morgan fingerprint density at radius 1 is 1.30 bits per heavy atom. The minimum atomic E-state index is -0.639. The van der Waals surface area contributed by atoms with Crippen LogP contribution in [0.5, 0.6) is 5.75 Å². The molecule has 0 unspecified atom stereocenters. The van der Waals surface area contributed by atoms with Gasteiger partial charge in [0.05, 0.1) is 18.1 Å². The van der Waals surface area contributed by atoms with E-state index >= 15 is 0 Å². The molecular formula is C21H20BrClN2O5. The number of carbonyl (C=O) groups excluding carboxylic acids is 3. The first-order chi connectivity index (χ1) is 14.3. The van der Waals surface area contributed by atoms with Gasteiger partial charge in [0.15, 0.2) is 6.61 Å². The van der Waals surface area contributed by atoms with Crippen LogP contribution in [0.25, 0.3) is 0 Å². The summed E-state index contributed by atoms with van der Waals surface area (Å²) < 4.78 is 11.0. The van der Waals surface area contributed by atoms with Gasteiger partial charge in [-0.1, -0.05) is 17.7 Å². The summed E-state index contributed by atoms with van der Waals surface area (Å²) in [6, 6.07) is 10.4. The van der Waals surface area contributed by atoms with Crippen molar-refractivity contribution in [3.8, 4) is 5.75 Å². The molecule has 9 heteroatoms. The summed E-state index contributed by atoms with van der Waals surface area (Å²) in [5.41, 5.74) is 1.99. The highest BCUT2D eigenvalue weighted by Gasteiger charge is 2.36. The Morgan fingerprint density at radius 2 is 2.07 bits per heavy atom. The highest BCUT2D eigenvalue weighted by molar-refractivity contribution is 9.10. The van der Waals surface area contributed by atoms with E-state index < -0.39 is 24.4 Å². The molecule has 1 heterocycles. The van der Waals surface area contributed by atoms with Gasteiger partial charge in [0.2, 0.25) is 5.91 Å². The normalized spacial score (nSPS) is 15.8. The second kappa shape index (κ2) is 9.49. The molecule has 1 aliphatic heterocycles. The third-order valence-corrected chi connectivity index (χ3v) is 5.91. The van der Waals surface area contributed by atoms with E-state index in [2.05, 4.69) is 21.2 Å². The quantitative estimate of drug-likeness (QED) is 0.613. The number of carbonyl (C=O) groups is 3. The van der Waals surface area contributed by atoms with Crippen molar-refractivity contribution in [1.82, 2.24) is 0 Å². The third kappa shape index (κ3) is 5.12. The number of hydrogen-bond donors (Lipinski definition) is 1. The maximum Gasteiger partial charge on any atom is 0.311 e. The van der Waals surface area contributed by atoms with Crippen LogP contribution < -0.4 is 15.0 Å². The molecule has 1 N–H and O–H groups in total. The van der Waals surface area contributed by atoms with Crippen molar-refractivity contribution in [3.63, 3.8) is 0 Å². The van der Waals surface area contributed by atoms with Crippen LogP contribution in [0.4, 0.5) is 11.4 Å². The number of benzene rings is 2. The van der Waals surface area contributed by atoms with Gasteiger partial charge in [-0.15, -0.1) is 0 Å². The van der Waals surface area contributed by atoms with Crippen LogP contribution in [0.15, 0.2) is 40.9 Å². The Bertz CT molecular complexity index is 997. The van der Waals surface area contributed by atoms with Crippen LogP contribution >= 0.6 is 27.5 Å². The Hall–Kier alpha value is -2.58. The van der Waals surface area contributed by atoms with Crippen LogP contribution in [0.1, 0.15) is 12.0 Å². The molecule has 2 aromatic carbocycles. The number of esters is 1. The van der Waals surface area contributed by atoms with E-state index in [0.29, 0.717) is 22.1 Å². The molecule has 7 nitrogen and oxygen atoms in total. The van der Waals surface area contributed by atoms with Crippen molar-refractivity contribution < 1.29 is 23.9 Å². The highest BCUT2D eigenvalue weighted by atomic mass is 79.9. The molecule has 0 aliphatic carbocycles. The van der Waals surface area contributed by atoms with Crippen LogP contribution in [0.2, 0.25) is 5.02 Å².